The minimum absolute atomic E-state index is 0.192. The van der Waals surface area contributed by atoms with Gasteiger partial charge in [-0.25, -0.2) is 4.79 Å². The van der Waals surface area contributed by atoms with E-state index in [0.29, 0.717) is 25.9 Å². The van der Waals surface area contributed by atoms with Gasteiger partial charge in [0.25, 0.3) is 5.91 Å². The van der Waals surface area contributed by atoms with E-state index in [1.807, 2.05) is 0 Å². The van der Waals surface area contributed by atoms with Crippen LogP contribution in [-0.4, -0.2) is 47.4 Å². The highest BCUT2D eigenvalue weighted by Crippen LogP contribution is 2.25. The van der Waals surface area contributed by atoms with Crippen molar-refractivity contribution in [1.29, 1.82) is 0 Å². The number of piperidine rings is 1. The summed E-state index contributed by atoms with van der Waals surface area (Å²) >= 11 is 0. The second-order valence-electron chi connectivity index (χ2n) is 4.83. The predicted octanol–water partition coefficient (Wildman–Crippen LogP) is -1.46. The molecule has 2 saturated heterocycles. The molecule has 0 radical (unpaired) electrons. The standard InChI is InChI=1S/C12H16N4O3/c1-2-3-8(13)9(17)16-6-4-12(5-7-16)10(18)14-11(19)15-12/h1,8H,3-7,13H2,(H2,14,15,18,19). The summed E-state index contributed by atoms with van der Waals surface area (Å²) in [5.41, 5.74) is 4.80. The number of nitrogens with one attached hydrogen (secondary N) is 2. The summed E-state index contributed by atoms with van der Waals surface area (Å²) < 4.78 is 0. The number of likely N-dealkylation sites (tertiary alicyclic amines) is 1. The highest BCUT2D eigenvalue weighted by molar-refractivity contribution is 6.07. The summed E-state index contributed by atoms with van der Waals surface area (Å²) in [5, 5.41) is 4.85. The summed E-state index contributed by atoms with van der Waals surface area (Å²) in [6.07, 6.45) is 6.09. The third-order valence-electron chi connectivity index (χ3n) is 3.60. The summed E-state index contributed by atoms with van der Waals surface area (Å²) in [7, 11) is 0. The third kappa shape index (κ3) is 2.39. The van der Waals surface area contributed by atoms with Crippen molar-refractivity contribution in [3.8, 4) is 12.3 Å². The lowest BCUT2D eigenvalue weighted by atomic mass is 9.87. The van der Waals surface area contributed by atoms with Crippen LogP contribution in [-0.2, 0) is 9.59 Å². The van der Waals surface area contributed by atoms with E-state index >= 15 is 0 Å². The van der Waals surface area contributed by atoms with Crippen molar-refractivity contribution < 1.29 is 14.4 Å². The molecular weight excluding hydrogens is 248 g/mol. The first-order chi connectivity index (χ1) is 8.98. The molecule has 19 heavy (non-hydrogen) atoms. The van der Waals surface area contributed by atoms with Crippen LogP contribution in [0.2, 0.25) is 0 Å². The SMILES string of the molecule is C#CCC(N)C(=O)N1CCC2(CC1)NC(=O)NC2=O. The van der Waals surface area contributed by atoms with Crippen molar-refractivity contribution >= 4 is 17.8 Å². The molecule has 4 N–H and O–H groups in total. The van der Waals surface area contributed by atoms with Gasteiger partial charge in [0.05, 0.1) is 6.04 Å². The first kappa shape index (κ1) is 13.4. The van der Waals surface area contributed by atoms with E-state index in [9.17, 15) is 14.4 Å². The molecule has 2 aliphatic rings. The zero-order valence-corrected chi connectivity index (χ0v) is 10.4. The van der Waals surface area contributed by atoms with Gasteiger partial charge in [0.15, 0.2) is 0 Å². The molecule has 0 bridgehead atoms. The number of nitrogens with zero attached hydrogens (tertiary/aromatic N) is 1. The molecule has 2 aliphatic heterocycles. The molecule has 4 amide bonds. The Bertz CT molecular complexity index is 460. The second kappa shape index (κ2) is 4.90. The maximum absolute atomic E-state index is 12.0. The third-order valence-corrected chi connectivity index (χ3v) is 3.60. The van der Waals surface area contributed by atoms with Gasteiger partial charge in [-0.05, 0) is 12.8 Å². The van der Waals surface area contributed by atoms with E-state index in [4.69, 9.17) is 12.2 Å². The quantitative estimate of drug-likeness (QED) is 0.418. The zero-order valence-electron chi connectivity index (χ0n) is 10.4. The van der Waals surface area contributed by atoms with E-state index in [-0.39, 0.29) is 18.2 Å². The van der Waals surface area contributed by atoms with Crippen LogP contribution in [0.15, 0.2) is 0 Å². The minimum Gasteiger partial charge on any atom is -0.341 e. The maximum Gasteiger partial charge on any atom is 0.322 e. The monoisotopic (exact) mass is 264 g/mol. The molecule has 7 heteroatoms. The van der Waals surface area contributed by atoms with Crippen LogP contribution >= 0.6 is 0 Å². The fourth-order valence-electron chi connectivity index (χ4n) is 2.44. The molecular formula is C12H16N4O3. The number of urea groups is 1. The number of amides is 4. The molecule has 0 aromatic carbocycles. The largest absolute Gasteiger partial charge is 0.341 e. The smallest absolute Gasteiger partial charge is 0.322 e. The predicted molar refractivity (Wildman–Crippen MR) is 66.6 cm³/mol. The molecule has 1 atom stereocenters. The Morgan fingerprint density at radius 1 is 1.47 bits per heavy atom. The fraction of sp³-hybridized carbons (Fsp3) is 0.583. The summed E-state index contributed by atoms with van der Waals surface area (Å²) in [6.45, 7) is 0.760. The molecule has 0 aromatic rings. The number of hydrogen-bond acceptors (Lipinski definition) is 4. The molecule has 7 nitrogen and oxygen atoms in total. The number of carbonyl (C=O) groups excluding carboxylic acids is 3. The van der Waals surface area contributed by atoms with Gasteiger partial charge in [-0.2, -0.15) is 0 Å². The molecule has 1 unspecified atom stereocenters. The highest BCUT2D eigenvalue weighted by Gasteiger charge is 2.48. The van der Waals surface area contributed by atoms with Crippen LogP contribution < -0.4 is 16.4 Å². The number of hydrogen-bond donors (Lipinski definition) is 3. The van der Waals surface area contributed by atoms with Crippen LogP contribution in [0.3, 0.4) is 0 Å². The van der Waals surface area contributed by atoms with Gasteiger partial charge < -0.3 is 16.0 Å². The lowest BCUT2D eigenvalue weighted by Gasteiger charge is -2.37. The minimum atomic E-state index is -0.871. The Labute approximate surface area is 110 Å². The first-order valence-electron chi connectivity index (χ1n) is 6.10. The van der Waals surface area contributed by atoms with E-state index in [1.165, 1.54) is 0 Å². The van der Waals surface area contributed by atoms with Gasteiger partial charge in [0.2, 0.25) is 5.91 Å². The number of carbonyl (C=O) groups is 3. The van der Waals surface area contributed by atoms with Crippen molar-refractivity contribution in [2.75, 3.05) is 13.1 Å². The van der Waals surface area contributed by atoms with Crippen LogP contribution in [0.4, 0.5) is 4.79 Å². The number of rotatable bonds is 2. The van der Waals surface area contributed by atoms with Crippen molar-refractivity contribution in [1.82, 2.24) is 15.5 Å². The van der Waals surface area contributed by atoms with Gasteiger partial charge in [0, 0.05) is 19.5 Å². The fourth-order valence-corrected chi connectivity index (χ4v) is 2.44. The van der Waals surface area contributed by atoms with E-state index in [2.05, 4.69) is 16.6 Å². The zero-order chi connectivity index (χ0) is 14.0. The Balaban J connectivity index is 1.96. The van der Waals surface area contributed by atoms with Crippen LogP contribution in [0.5, 0.6) is 0 Å². The molecule has 0 saturated carbocycles. The molecule has 0 aromatic heterocycles. The molecule has 1 spiro atoms. The van der Waals surface area contributed by atoms with Crippen molar-refractivity contribution in [2.45, 2.75) is 30.8 Å². The number of nitrogens with two attached hydrogens (primary N) is 1. The lowest BCUT2D eigenvalue weighted by Crippen LogP contribution is -2.57. The van der Waals surface area contributed by atoms with Crippen LogP contribution in [0, 0.1) is 12.3 Å². The molecule has 2 rings (SSSR count). The average molecular weight is 264 g/mol. The van der Waals surface area contributed by atoms with E-state index in [0.717, 1.165) is 0 Å². The van der Waals surface area contributed by atoms with Gasteiger partial charge in [0.1, 0.15) is 5.54 Å². The molecule has 102 valence electrons. The summed E-state index contributed by atoms with van der Waals surface area (Å²) in [5.74, 6) is 1.82. The summed E-state index contributed by atoms with van der Waals surface area (Å²) in [4.78, 5) is 36.4. The van der Waals surface area contributed by atoms with Gasteiger partial charge in [-0.3, -0.25) is 14.9 Å². The van der Waals surface area contributed by atoms with Crippen molar-refractivity contribution in [3.05, 3.63) is 0 Å². The first-order valence-corrected chi connectivity index (χ1v) is 6.10. The second-order valence-corrected chi connectivity index (χ2v) is 4.83. The van der Waals surface area contributed by atoms with Crippen molar-refractivity contribution in [3.63, 3.8) is 0 Å². The maximum atomic E-state index is 12.0. The van der Waals surface area contributed by atoms with Crippen LogP contribution in [0.1, 0.15) is 19.3 Å². The highest BCUT2D eigenvalue weighted by atomic mass is 16.2. The van der Waals surface area contributed by atoms with Gasteiger partial charge in [-0.15, -0.1) is 12.3 Å². The van der Waals surface area contributed by atoms with E-state index in [1.54, 1.807) is 4.90 Å². The Kier molecular flexibility index (Phi) is 3.44. The van der Waals surface area contributed by atoms with Gasteiger partial charge in [-0.1, -0.05) is 0 Å². The Hall–Kier alpha value is -2.07. The van der Waals surface area contributed by atoms with Crippen molar-refractivity contribution in [2.24, 2.45) is 5.73 Å². The number of terminal acetylenes is 1. The van der Waals surface area contributed by atoms with Gasteiger partial charge >= 0.3 is 6.03 Å². The Morgan fingerprint density at radius 3 is 2.58 bits per heavy atom. The lowest BCUT2D eigenvalue weighted by molar-refractivity contribution is -0.136. The average Bonchev–Trinajstić information content (AvgIpc) is 2.64. The normalized spacial score (nSPS) is 22.6. The molecule has 2 heterocycles. The van der Waals surface area contributed by atoms with Crippen LogP contribution in [0.25, 0.3) is 0 Å². The Morgan fingerprint density at radius 2 is 2.11 bits per heavy atom. The summed E-state index contributed by atoms with van der Waals surface area (Å²) in [6, 6.07) is -1.18. The molecule has 0 aliphatic carbocycles. The van der Waals surface area contributed by atoms with E-state index < -0.39 is 17.6 Å². The number of imide groups is 1. The molecule has 2 fully saturated rings. The topological polar surface area (TPSA) is 105 Å².